The molecule has 1 fully saturated rings. The van der Waals surface area contributed by atoms with Gasteiger partial charge in [-0.15, -0.1) is 0 Å². The fraction of sp³-hybridized carbons (Fsp3) is 1.00. The summed E-state index contributed by atoms with van der Waals surface area (Å²) in [6.07, 6.45) is 2.12. The molecular formula is C9H21NOSi. The number of hydrogen-bond donors (Lipinski definition) is 1. The monoisotopic (exact) mass is 187 g/mol. The van der Waals surface area contributed by atoms with E-state index in [0.29, 0.717) is 6.04 Å². The van der Waals surface area contributed by atoms with Crippen LogP contribution in [0.25, 0.3) is 0 Å². The fourth-order valence-electron chi connectivity index (χ4n) is 1.90. The van der Waals surface area contributed by atoms with Crippen molar-refractivity contribution in [3.63, 3.8) is 0 Å². The largest absolute Gasteiger partial charge is 0.392 e. The topological polar surface area (TPSA) is 23.5 Å². The smallest absolute Gasteiger partial charge is 0.0681 e. The van der Waals surface area contributed by atoms with Crippen LogP contribution in [0.2, 0.25) is 19.6 Å². The normalized spacial score (nSPS) is 32.8. The second-order valence-corrected chi connectivity index (χ2v) is 10.7. The van der Waals surface area contributed by atoms with Crippen LogP contribution in [0.5, 0.6) is 0 Å². The van der Waals surface area contributed by atoms with Crippen molar-refractivity contribution in [3.8, 4) is 0 Å². The summed E-state index contributed by atoms with van der Waals surface area (Å²) in [6, 6.07) is 0.590. The lowest BCUT2D eigenvalue weighted by atomic mass is 10.2. The van der Waals surface area contributed by atoms with Crippen molar-refractivity contribution in [2.75, 3.05) is 12.7 Å². The maximum atomic E-state index is 9.44. The van der Waals surface area contributed by atoms with E-state index in [1.54, 1.807) is 0 Å². The molecule has 3 heteroatoms. The van der Waals surface area contributed by atoms with Crippen LogP contribution in [0.1, 0.15) is 13.3 Å². The van der Waals surface area contributed by atoms with Crippen molar-refractivity contribution >= 4 is 8.07 Å². The highest BCUT2D eigenvalue weighted by Crippen LogP contribution is 2.19. The van der Waals surface area contributed by atoms with Crippen molar-refractivity contribution in [2.45, 2.75) is 45.1 Å². The number of aliphatic hydroxyl groups is 1. The van der Waals surface area contributed by atoms with Crippen LogP contribution in [0.4, 0.5) is 0 Å². The molecule has 1 heterocycles. The van der Waals surface area contributed by atoms with Gasteiger partial charge in [0.05, 0.1) is 14.2 Å². The predicted molar refractivity (Wildman–Crippen MR) is 55.0 cm³/mol. The minimum atomic E-state index is -0.979. The molecule has 1 rings (SSSR count). The van der Waals surface area contributed by atoms with E-state index in [9.17, 15) is 5.11 Å². The third-order valence-corrected chi connectivity index (χ3v) is 3.71. The first-order chi connectivity index (χ1) is 5.38. The van der Waals surface area contributed by atoms with Crippen LogP contribution in [0.15, 0.2) is 0 Å². The summed E-state index contributed by atoms with van der Waals surface area (Å²) < 4.78 is 0. The molecule has 1 N–H and O–H groups in total. The average Bonchev–Trinajstić information content (AvgIpc) is 2.06. The Kier molecular flexibility index (Phi) is 2.96. The summed E-state index contributed by atoms with van der Waals surface area (Å²) in [6.45, 7) is 10.3. The average molecular weight is 187 g/mol. The zero-order valence-electron chi connectivity index (χ0n) is 8.67. The minimum absolute atomic E-state index is 0.0728. The molecule has 0 saturated carbocycles. The number of aliphatic hydroxyl groups excluding tert-OH is 1. The molecule has 2 unspecified atom stereocenters. The number of nitrogens with zero attached hydrogens (tertiary/aromatic N) is 1. The maximum Gasteiger partial charge on any atom is 0.0681 e. The van der Waals surface area contributed by atoms with Gasteiger partial charge in [0.2, 0.25) is 0 Å². The van der Waals surface area contributed by atoms with Gasteiger partial charge in [-0.25, -0.2) is 0 Å². The van der Waals surface area contributed by atoms with Crippen molar-refractivity contribution in [1.29, 1.82) is 0 Å². The van der Waals surface area contributed by atoms with E-state index in [1.807, 2.05) is 0 Å². The van der Waals surface area contributed by atoms with E-state index >= 15 is 0 Å². The highest BCUT2D eigenvalue weighted by atomic mass is 28.3. The van der Waals surface area contributed by atoms with Gasteiger partial charge in [-0.2, -0.15) is 0 Å². The van der Waals surface area contributed by atoms with Crippen LogP contribution >= 0.6 is 0 Å². The molecule has 0 bridgehead atoms. The Morgan fingerprint density at radius 3 is 2.33 bits per heavy atom. The predicted octanol–water partition coefficient (Wildman–Crippen LogP) is 1.32. The first-order valence-corrected chi connectivity index (χ1v) is 8.51. The van der Waals surface area contributed by atoms with Crippen LogP contribution in [-0.4, -0.2) is 42.9 Å². The van der Waals surface area contributed by atoms with Gasteiger partial charge in [0.25, 0.3) is 0 Å². The van der Waals surface area contributed by atoms with E-state index in [2.05, 4.69) is 31.5 Å². The minimum Gasteiger partial charge on any atom is -0.392 e. The number of β-amino-alcohol motifs (C(OH)–C–C–N with tert-alkyl or cyclic N) is 1. The van der Waals surface area contributed by atoms with Gasteiger partial charge in [0, 0.05) is 12.6 Å². The molecule has 0 aromatic heterocycles. The highest BCUT2D eigenvalue weighted by molar-refractivity contribution is 6.76. The molecule has 0 aliphatic carbocycles. The van der Waals surface area contributed by atoms with Crippen LogP contribution in [-0.2, 0) is 0 Å². The summed E-state index contributed by atoms with van der Waals surface area (Å²) >= 11 is 0. The Bertz CT molecular complexity index is 155. The molecule has 0 aromatic carbocycles. The molecular weight excluding hydrogens is 166 g/mol. The summed E-state index contributed by atoms with van der Waals surface area (Å²) in [5.41, 5.74) is 0. The highest BCUT2D eigenvalue weighted by Gasteiger charge is 2.30. The van der Waals surface area contributed by atoms with Crippen molar-refractivity contribution in [1.82, 2.24) is 4.90 Å². The SMILES string of the molecule is CC1CC(O)CN1C[Si](C)(C)C. The second-order valence-electron chi connectivity index (χ2n) is 5.23. The molecule has 72 valence electrons. The van der Waals surface area contributed by atoms with E-state index in [0.717, 1.165) is 13.0 Å². The van der Waals surface area contributed by atoms with Gasteiger partial charge in [0.1, 0.15) is 0 Å². The fourth-order valence-corrected chi connectivity index (χ4v) is 3.56. The van der Waals surface area contributed by atoms with Gasteiger partial charge in [0.15, 0.2) is 0 Å². The van der Waals surface area contributed by atoms with Crippen molar-refractivity contribution in [3.05, 3.63) is 0 Å². The second kappa shape index (κ2) is 3.48. The summed E-state index contributed by atoms with van der Waals surface area (Å²) in [7, 11) is -0.979. The molecule has 1 aliphatic heterocycles. The lowest BCUT2D eigenvalue weighted by Crippen LogP contribution is -2.42. The van der Waals surface area contributed by atoms with E-state index in [1.165, 1.54) is 6.17 Å². The molecule has 12 heavy (non-hydrogen) atoms. The Morgan fingerprint density at radius 1 is 1.42 bits per heavy atom. The van der Waals surface area contributed by atoms with Gasteiger partial charge in [-0.3, -0.25) is 0 Å². The Balaban J connectivity index is 2.43. The summed E-state index contributed by atoms with van der Waals surface area (Å²) in [5.74, 6) is 0. The first kappa shape index (κ1) is 10.2. The third kappa shape index (κ3) is 2.88. The number of rotatable bonds is 2. The molecule has 0 radical (unpaired) electrons. The Labute approximate surface area is 76.6 Å². The third-order valence-electron chi connectivity index (χ3n) is 2.36. The quantitative estimate of drug-likeness (QED) is 0.659. The Hall–Kier alpha value is 0.137. The van der Waals surface area contributed by atoms with Crippen LogP contribution < -0.4 is 0 Å². The molecule has 1 aliphatic rings. The van der Waals surface area contributed by atoms with Gasteiger partial charge in [-0.1, -0.05) is 19.6 Å². The van der Waals surface area contributed by atoms with Gasteiger partial charge < -0.3 is 10.0 Å². The number of likely N-dealkylation sites (tertiary alicyclic amines) is 1. The Morgan fingerprint density at radius 2 is 2.00 bits per heavy atom. The number of hydrogen-bond acceptors (Lipinski definition) is 2. The van der Waals surface area contributed by atoms with E-state index in [4.69, 9.17) is 0 Å². The summed E-state index contributed by atoms with van der Waals surface area (Å²) in [5, 5.41) is 9.44. The van der Waals surface area contributed by atoms with E-state index in [-0.39, 0.29) is 6.10 Å². The molecule has 0 spiro atoms. The van der Waals surface area contributed by atoms with Gasteiger partial charge >= 0.3 is 0 Å². The van der Waals surface area contributed by atoms with Gasteiger partial charge in [-0.05, 0) is 19.5 Å². The molecule has 2 atom stereocenters. The molecule has 0 aromatic rings. The molecule has 1 saturated heterocycles. The zero-order chi connectivity index (χ0) is 9.35. The van der Waals surface area contributed by atoms with E-state index < -0.39 is 8.07 Å². The summed E-state index contributed by atoms with van der Waals surface area (Å²) in [4.78, 5) is 2.44. The standard InChI is InChI=1S/C9H21NOSi/c1-8-5-9(11)6-10(8)7-12(2,3)4/h8-9,11H,5-7H2,1-4H3. The first-order valence-electron chi connectivity index (χ1n) is 4.80. The molecule has 0 amide bonds. The van der Waals surface area contributed by atoms with Crippen LogP contribution in [0, 0.1) is 0 Å². The maximum absolute atomic E-state index is 9.44. The van der Waals surface area contributed by atoms with Crippen molar-refractivity contribution < 1.29 is 5.11 Å². The lowest BCUT2D eigenvalue weighted by molar-refractivity contribution is 0.180. The zero-order valence-corrected chi connectivity index (χ0v) is 9.67. The van der Waals surface area contributed by atoms with Crippen molar-refractivity contribution in [2.24, 2.45) is 0 Å². The molecule has 2 nitrogen and oxygen atoms in total. The lowest BCUT2D eigenvalue weighted by Gasteiger charge is -2.27. The van der Waals surface area contributed by atoms with Crippen LogP contribution in [0.3, 0.4) is 0 Å².